The van der Waals surface area contributed by atoms with E-state index in [9.17, 15) is 4.79 Å². The predicted molar refractivity (Wildman–Crippen MR) is 97.3 cm³/mol. The molecule has 4 aromatic rings. The van der Waals surface area contributed by atoms with Gasteiger partial charge in [-0.3, -0.25) is 19.4 Å². The van der Waals surface area contributed by atoms with E-state index in [0.29, 0.717) is 24.3 Å². The molecule has 0 unspecified atom stereocenters. The second-order valence-corrected chi connectivity index (χ2v) is 5.73. The van der Waals surface area contributed by atoms with Gasteiger partial charge in [-0.05, 0) is 29.8 Å². The Morgan fingerprint density at radius 1 is 1.00 bits per heavy atom. The molecule has 4 rings (SSSR count). The van der Waals surface area contributed by atoms with Crippen LogP contribution >= 0.6 is 0 Å². The molecule has 0 bridgehead atoms. The third kappa shape index (κ3) is 3.41. The van der Waals surface area contributed by atoms with Crippen molar-refractivity contribution in [1.82, 2.24) is 30.0 Å². The second kappa shape index (κ2) is 7.10. The first-order chi connectivity index (χ1) is 12.8. The molecule has 1 amide bonds. The van der Waals surface area contributed by atoms with E-state index in [-0.39, 0.29) is 5.91 Å². The number of rotatable bonds is 5. The maximum absolute atomic E-state index is 12.3. The van der Waals surface area contributed by atoms with E-state index in [0.717, 1.165) is 16.6 Å². The summed E-state index contributed by atoms with van der Waals surface area (Å²) in [4.78, 5) is 24.9. The molecule has 0 aliphatic rings. The molecule has 7 heteroatoms. The van der Waals surface area contributed by atoms with Gasteiger partial charge in [-0.1, -0.05) is 12.1 Å². The lowest BCUT2D eigenvalue weighted by Gasteiger charge is -2.05. The molecule has 128 valence electrons. The van der Waals surface area contributed by atoms with Crippen LogP contribution in [0.4, 0.5) is 0 Å². The van der Waals surface area contributed by atoms with Crippen LogP contribution in [0.25, 0.3) is 22.2 Å². The summed E-state index contributed by atoms with van der Waals surface area (Å²) in [5, 5.41) is 7.17. The normalized spacial score (nSPS) is 10.8. The van der Waals surface area contributed by atoms with Gasteiger partial charge in [0.1, 0.15) is 5.69 Å². The number of aromatic nitrogens is 5. The van der Waals surface area contributed by atoms with Crippen LogP contribution in [0.2, 0.25) is 0 Å². The van der Waals surface area contributed by atoms with Crippen LogP contribution < -0.4 is 5.32 Å². The molecule has 0 spiro atoms. The van der Waals surface area contributed by atoms with Crippen molar-refractivity contribution in [2.24, 2.45) is 0 Å². The van der Waals surface area contributed by atoms with E-state index < -0.39 is 0 Å². The van der Waals surface area contributed by atoms with E-state index in [1.54, 1.807) is 23.3 Å². The molecule has 26 heavy (non-hydrogen) atoms. The zero-order valence-corrected chi connectivity index (χ0v) is 13.9. The lowest BCUT2D eigenvalue weighted by molar-refractivity contribution is 0.0947. The van der Waals surface area contributed by atoms with Crippen LogP contribution in [0.3, 0.4) is 0 Å². The molecule has 1 N–H and O–H groups in total. The van der Waals surface area contributed by atoms with E-state index in [2.05, 4.69) is 25.4 Å². The number of carbonyl (C=O) groups excluding carboxylic acids is 1. The van der Waals surface area contributed by atoms with Crippen LogP contribution in [0.1, 0.15) is 10.5 Å². The van der Waals surface area contributed by atoms with E-state index in [1.165, 1.54) is 6.20 Å². The number of carbonyl (C=O) groups is 1. The number of nitrogens with one attached hydrogen (secondary N) is 1. The Labute approximate surface area is 149 Å². The SMILES string of the molecule is O=C(NCCn1cc(-c2ccncc2)cn1)c1cnc2ccccc2n1. The lowest BCUT2D eigenvalue weighted by atomic mass is 10.1. The minimum atomic E-state index is -0.246. The molecular weight excluding hydrogens is 328 g/mol. The fourth-order valence-corrected chi connectivity index (χ4v) is 2.62. The van der Waals surface area contributed by atoms with Crippen molar-refractivity contribution in [3.63, 3.8) is 0 Å². The molecule has 0 fully saturated rings. The Hall–Kier alpha value is -3.61. The molecule has 3 heterocycles. The monoisotopic (exact) mass is 344 g/mol. The zero-order chi connectivity index (χ0) is 17.8. The number of pyridine rings is 1. The minimum Gasteiger partial charge on any atom is -0.349 e. The summed E-state index contributed by atoms with van der Waals surface area (Å²) >= 11 is 0. The average molecular weight is 344 g/mol. The summed E-state index contributed by atoms with van der Waals surface area (Å²) in [5.74, 6) is -0.246. The minimum absolute atomic E-state index is 0.246. The van der Waals surface area contributed by atoms with Crippen molar-refractivity contribution in [2.75, 3.05) is 6.54 Å². The van der Waals surface area contributed by atoms with Gasteiger partial charge in [0, 0.05) is 30.7 Å². The quantitative estimate of drug-likeness (QED) is 0.600. The van der Waals surface area contributed by atoms with Gasteiger partial charge in [0.15, 0.2) is 0 Å². The molecule has 3 aromatic heterocycles. The van der Waals surface area contributed by atoms with Crippen molar-refractivity contribution in [2.45, 2.75) is 6.54 Å². The van der Waals surface area contributed by atoms with Crippen molar-refractivity contribution in [3.05, 3.63) is 73.1 Å². The fraction of sp³-hybridized carbons (Fsp3) is 0.105. The van der Waals surface area contributed by atoms with Crippen LogP contribution in [0, 0.1) is 0 Å². The van der Waals surface area contributed by atoms with Crippen molar-refractivity contribution >= 4 is 16.9 Å². The molecule has 1 aromatic carbocycles. The summed E-state index contributed by atoms with van der Waals surface area (Å²) < 4.78 is 1.79. The molecule has 0 aliphatic carbocycles. The zero-order valence-electron chi connectivity index (χ0n) is 13.9. The van der Waals surface area contributed by atoms with Crippen LogP contribution in [0.5, 0.6) is 0 Å². The second-order valence-electron chi connectivity index (χ2n) is 5.73. The van der Waals surface area contributed by atoms with Gasteiger partial charge >= 0.3 is 0 Å². The van der Waals surface area contributed by atoms with Crippen LogP contribution in [0.15, 0.2) is 67.4 Å². The number of amides is 1. The molecule has 0 saturated carbocycles. The molecule has 0 radical (unpaired) electrons. The largest absolute Gasteiger partial charge is 0.349 e. The first-order valence-corrected chi connectivity index (χ1v) is 8.22. The first kappa shape index (κ1) is 15.9. The van der Waals surface area contributed by atoms with Gasteiger partial charge in [-0.15, -0.1) is 0 Å². The molecule has 0 aliphatic heterocycles. The van der Waals surface area contributed by atoms with Gasteiger partial charge in [0.2, 0.25) is 0 Å². The molecule has 0 saturated heterocycles. The Morgan fingerprint density at radius 2 is 1.81 bits per heavy atom. The summed E-state index contributed by atoms with van der Waals surface area (Å²) in [6.07, 6.45) is 8.73. The smallest absolute Gasteiger partial charge is 0.271 e. The number of hydrogen-bond donors (Lipinski definition) is 1. The number of hydrogen-bond acceptors (Lipinski definition) is 5. The van der Waals surface area contributed by atoms with Gasteiger partial charge < -0.3 is 5.32 Å². The van der Waals surface area contributed by atoms with Crippen molar-refractivity contribution in [3.8, 4) is 11.1 Å². The number of fused-ring (bicyclic) bond motifs is 1. The Kier molecular flexibility index (Phi) is 4.34. The number of benzene rings is 1. The van der Waals surface area contributed by atoms with Crippen molar-refractivity contribution in [1.29, 1.82) is 0 Å². The summed E-state index contributed by atoms with van der Waals surface area (Å²) in [5.41, 5.74) is 3.85. The highest BCUT2D eigenvalue weighted by Crippen LogP contribution is 2.16. The maximum Gasteiger partial charge on any atom is 0.271 e. The van der Waals surface area contributed by atoms with Gasteiger partial charge in [0.25, 0.3) is 5.91 Å². The van der Waals surface area contributed by atoms with E-state index in [1.807, 2.05) is 42.6 Å². The van der Waals surface area contributed by atoms with E-state index in [4.69, 9.17) is 0 Å². The number of para-hydroxylation sites is 2. The lowest BCUT2D eigenvalue weighted by Crippen LogP contribution is -2.28. The third-order valence-electron chi connectivity index (χ3n) is 3.95. The van der Waals surface area contributed by atoms with Crippen LogP contribution in [-0.4, -0.2) is 37.2 Å². The Morgan fingerprint density at radius 3 is 2.65 bits per heavy atom. The highest BCUT2D eigenvalue weighted by atomic mass is 16.1. The molecular formula is C19H16N6O. The summed E-state index contributed by atoms with van der Waals surface area (Å²) in [6.45, 7) is 1.02. The van der Waals surface area contributed by atoms with Gasteiger partial charge in [-0.25, -0.2) is 4.98 Å². The predicted octanol–water partition coefficient (Wildman–Crippen LogP) is 2.32. The van der Waals surface area contributed by atoms with Gasteiger partial charge in [-0.2, -0.15) is 5.10 Å². The van der Waals surface area contributed by atoms with Crippen molar-refractivity contribution < 1.29 is 4.79 Å². The summed E-state index contributed by atoms with van der Waals surface area (Å²) in [6, 6.07) is 11.3. The Bertz CT molecular complexity index is 1040. The average Bonchev–Trinajstić information content (AvgIpc) is 3.17. The first-order valence-electron chi connectivity index (χ1n) is 8.22. The highest BCUT2D eigenvalue weighted by molar-refractivity contribution is 5.93. The third-order valence-corrected chi connectivity index (χ3v) is 3.95. The fourth-order valence-electron chi connectivity index (χ4n) is 2.62. The topological polar surface area (TPSA) is 85.6 Å². The molecule has 7 nitrogen and oxygen atoms in total. The Balaban J connectivity index is 1.37. The number of nitrogens with zero attached hydrogens (tertiary/aromatic N) is 5. The maximum atomic E-state index is 12.3. The molecule has 0 atom stereocenters. The van der Waals surface area contributed by atoms with E-state index >= 15 is 0 Å². The van der Waals surface area contributed by atoms with Crippen LogP contribution in [-0.2, 0) is 6.54 Å². The van der Waals surface area contributed by atoms with Gasteiger partial charge in [0.05, 0.1) is 30.0 Å². The highest BCUT2D eigenvalue weighted by Gasteiger charge is 2.09. The standard InChI is InChI=1S/C19H16N6O/c26-19(18-12-22-16-3-1-2-4-17(16)24-18)21-9-10-25-13-15(11-23-25)14-5-7-20-8-6-14/h1-8,11-13H,9-10H2,(H,21,26). The summed E-state index contributed by atoms with van der Waals surface area (Å²) in [7, 11) is 0.